The predicted molar refractivity (Wildman–Crippen MR) is 129 cm³/mol. The second-order valence-corrected chi connectivity index (χ2v) is 9.47. The zero-order chi connectivity index (χ0) is 21.9. The van der Waals surface area contributed by atoms with Gasteiger partial charge in [-0.3, -0.25) is 9.69 Å². The van der Waals surface area contributed by atoms with Crippen LogP contribution in [0.25, 0.3) is 0 Å². The van der Waals surface area contributed by atoms with Gasteiger partial charge in [-0.15, -0.1) is 0 Å². The average molecular weight is 425 g/mol. The fourth-order valence-corrected chi connectivity index (χ4v) is 6.01. The molecule has 1 heterocycles. The maximum atomic E-state index is 13.9. The minimum absolute atomic E-state index is 0.223. The number of carbonyl (C=O) groups is 1. The number of likely N-dealkylation sites (tertiary alicyclic amines) is 1. The molecule has 2 fully saturated rings. The second-order valence-electron chi connectivity index (χ2n) is 9.47. The largest absolute Gasteiger partial charge is 0.341 e. The molecule has 0 radical (unpaired) electrons. The maximum Gasteiger partial charge on any atom is 0.234 e. The predicted octanol–water partition coefficient (Wildman–Crippen LogP) is 5.19. The first-order valence-corrected chi connectivity index (χ1v) is 11.8. The number of carbonyl (C=O) groups excluding carboxylic acids is 1. The van der Waals surface area contributed by atoms with Crippen molar-refractivity contribution in [2.24, 2.45) is 11.8 Å². The van der Waals surface area contributed by atoms with E-state index in [-0.39, 0.29) is 11.8 Å². The van der Waals surface area contributed by atoms with Gasteiger partial charge in [0.25, 0.3) is 0 Å². The van der Waals surface area contributed by atoms with Crippen molar-refractivity contribution >= 4 is 5.91 Å². The fraction of sp³-hybridized carbons (Fsp3) is 0.345. The highest BCUT2D eigenvalue weighted by Crippen LogP contribution is 2.41. The molecule has 1 aliphatic carbocycles. The lowest BCUT2D eigenvalue weighted by Gasteiger charge is -2.43. The number of benzene rings is 3. The average Bonchev–Trinajstić information content (AvgIpc) is 3.11. The molecule has 1 aliphatic heterocycles. The van der Waals surface area contributed by atoms with Crippen LogP contribution in [-0.2, 0) is 11.3 Å². The van der Waals surface area contributed by atoms with Gasteiger partial charge >= 0.3 is 0 Å². The molecule has 1 amide bonds. The quantitative estimate of drug-likeness (QED) is 0.544. The van der Waals surface area contributed by atoms with Gasteiger partial charge in [0.05, 0.1) is 5.92 Å². The van der Waals surface area contributed by atoms with Crippen molar-refractivity contribution in [1.82, 2.24) is 9.80 Å². The molecule has 3 nitrogen and oxygen atoms in total. The van der Waals surface area contributed by atoms with Crippen molar-refractivity contribution in [3.05, 3.63) is 108 Å². The first kappa shape index (κ1) is 21.0. The van der Waals surface area contributed by atoms with Crippen molar-refractivity contribution in [1.29, 1.82) is 0 Å². The third-order valence-electron chi connectivity index (χ3n) is 7.42. The summed E-state index contributed by atoms with van der Waals surface area (Å²) in [5, 5.41) is 0. The summed E-state index contributed by atoms with van der Waals surface area (Å²) in [5.41, 5.74) is 3.52. The maximum absolute atomic E-state index is 13.9. The van der Waals surface area contributed by atoms with Gasteiger partial charge < -0.3 is 4.90 Å². The lowest BCUT2D eigenvalue weighted by atomic mass is 9.86. The molecular formula is C29H32N2O. The highest BCUT2D eigenvalue weighted by Gasteiger charge is 2.46. The van der Waals surface area contributed by atoms with E-state index in [0.717, 1.165) is 30.8 Å². The van der Waals surface area contributed by atoms with E-state index in [1.807, 2.05) is 43.4 Å². The molecule has 2 bridgehead atoms. The third kappa shape index (κ3) is 4.22. The summed E-state index contributed by atoms with van der Waals surface area (Å²) < 4.78 is 0. The van der Waals surface area contributed by atoms with Crippen LogP contribution >= 0.6 is 0 Å². The van der Waals surface area contributed by atoms with Crippen molar-refractivity contribution in [3.63, 3.8) is 0 Å². The summed E-state index contributed by atoms with van der Waals surface area (Å²) in [7, 11) is 2.05. The molecular weight excluding hydrogens is 392 g/mol. The first-order valence-electron chi connectivity index (χ1n) is 11.8. The molecule has 0 aromatic heterocycles. The van der Waals surface area contributed by atoms with E-state index in [0.29, 0.717) is 17.9 Å². The monoisotopic (exact) mass is 424 g/mol. The van der Waals surface area contributed by atoms with Gasteiger partial charge in [-0.05, 0) is 41.4 Å². The zero-order valence-corrected chi connectivity index (χ0v) is 18.8. The Morgan fingerprint density at radius 2 is 1.28 bits per heavy atom. The van der Waals surface area contributed by atoms with E-state index < -0.39 is 0 Å². The normalized spacial score (nSPS) is 22.8. The molecule has 0 N–H and O–H groups in total. The molecule has 2 aliphatic rings. The Labute approximate surface area is 191 Å². The number of amides is 1. The fourth-order valence-electron chi connectivity index (χ4n) is 6.01. The van der Waals surface area contributed by atoms with Gasteiger partial charge in [-0.1, -0.05) is 91.0 Å². The summed E-state index contributed by atoms with van der Waals surface area (Å²) in [6.07, 6.45) is 2.44. The van der Waals surface area contributed by atoms with E-state index >= 15 is 0 Å². The van der Waals surface area contributed by atoms with E-state index in [1.54, 1.807) is 0 Å². The van der Waals surface area contributed by atoms with E-state index in [2.05, 4.69) is 64.4 Å². The van der Waals surface area contributed by atoms with Crippen molar-refractivity contribution < 1.29 is 4.79 Å². The number of nitrogens with zero attached hydrogens (tertiary/aromatic N) is 2. The molecule has 3 aromatic rings. The van der Waals surface area contributed by atoms with E-state index in [4.69, 9.17) is 0 Å². The molecule has 1 unspecified atom stereocenters. The van der Waals surface area contributed by atoms with E-state index in [9.17, 15) is 4.79 Å². The Kier molecular flexibility index (Phi) is 6.09. The Morgan fingerprint density at radius 1 is 0.812 bits per heavy atom. The molecule has 1 saturated carbocycles. The Morgan fingerprint density at radius 3 is 1.78 bits per heavy atom. The summed E-state index contributed by atoms with van der Waals surface area (Å²) in [6, 6.07) is 31.6. The van der Waals surface area contributed by atoms with Crippen molar-refractivity contribution in [2.45, 2.75) is 31.3 Å². The Bertz CT molecular complexity index is 967. The van der Waals surface area contributed by atoms with Gasteiger partial charge in [0.2, 0.25) is 5.91 Å². The van der Waals surface area contributed by atoms with Crippen LogP contribution in [0.15, 0.2) is 91.0 Å². The van der Waals surface area contributed by atoms with Gasteiger partial charge in [0.1, 0.15) is 0 Å². The lowest BCUT2D eigenvalue weighted by Crippen LogP contribution is -2.53. The summed E-state index contributed by atoms with van der Waals surface area (Å²) in [6.45, 7) is 3.17. The number of hydrogen-bond donors (Lipinski definition) is 0. The number of hydrogen-bond acceptors (Lipinski definition) is 2. The zero-order valence-electron chi connectivity index (χ0n) is 18.8. The van der Waals surface area contributed by atoms with Crippen molar-refractivity contribution in [3.8, 4) is 0 Å². The van der Waals surface area contributed by atoms with Crippen LogP contribution in [0.3, 0.4) is 0 Å². The third-order valence-corrected chi connectivity index (χ3v) is 7.42. The van der Waals surface area contributed by atoms with Gasteiger partial charge in [-0.2, -0.15) is 0 Å². The Hall–Kier alpha value is -2.91. The molecule has 32 heavy (non-hydrogen) atoms. The highest BCUT2D eigenvalue weighted by atomic mass is 16.2. The first-order chi connectivity index (χ1) is 15.7. The smallest absolute Gasteiger partial charge is 0.234 e. The molecule has 1 saturated heterocycles. The summed E-state index contributed by atoms with van der Waals surface area (Å²) in [4.78, 5) is 18.6. The minimum Gasteiger partial charge on any atom is -0.341 e. The number of piperidine rings is 1. The van der Waals surface area contributed by atoms with Crippen molar-refractivity contribution in [2.75, 3.05) is 20.1 Å². The molecule has 3 aromatic carbocycles. The van der Waals surface area contributed by atoms with Crippen LogP contribution in [0.2, 0.25) is 0 Å². The lowest BCUT2D eigenvalue weighted by molar-refractivity contribution is -0.135. The van der Waals surface area contributed by atoms with Gasteiger partial charge in [0.15, 0.2) is 0 Å². The number of fused-ring (bicyclic) bond motifs is 2. The number of rotatable bonds is 6. The van der Waals surface area contributed by atoms with Crippen LogP contribution in [0, 0.1) is 11.8 Å². The summed E-state index contributed by atoms with van der Waals surface area (Å²) >= 11 is 0. The van der Waals surface area contributed by atoms with Crippen LogP contribution < -0.4 is 0 Å². The van der Waals surface area contributed by atoms with E-state index in [1.165, 1.54) is 18.4 Å². The van der Waals surface area contributed by atoms with Crippen LogP contribution in [0.5, 0.6) is 0 Å². The van der Waals surface area contributed by atoms with Crippen LogP contribution in [0.1, 0.15) is 35.4 Å². The topological polar surface area (TPSA) is 23.6 Å². The second kappa shape index (κ2) is 9.30. The highest BCUT2D eigenvalue weighted by molar-refractivity contribution is 5.87. The molecule has 3 heteroatoms. The standard InChI is InChI=1S/C29H32N2O/c1-30(29(32)27(23-13-7-3-8-14-23)24-15-9-4-10-16-24)28-25-17-18-26(28)21-31(20-25)19-22-11-5-2-6-12-22/h2-16,25-28H,17-21H2,1H3/t25-,26+,28?. The van der Waals surface area contributed by atoms with Gasteiger partial charge in [0, 0.05) is 32.7 Å². The SMILES string of the molecule is CN(C(=O)C(c1ccccc1)c1ccccc1)C1[C@@H]2CC[C@H]1CN(Cc1ccccc1)C2. The summed E-state index contributed by atoms with van der Waals surface area (Å²) in [5.74, 6) is 1.09. The van der Waals surface area contributed by atoms with Crippen LogP contribution in [-0.4, -0.2) is 41.9 Å². The minimum atomic E-state index is -0.246. The molecule has 0 spiro atoms. The Balaban J connectivity index is 1.35. The van der Waals surface area contributed by atoms with Crippen LogP contribution in [0.4, 0.5) is 0 Å². The number of likely N-dealkylation sites (N-methyl/N-ethyl adjacent to an activating group) is 1. The molecule has 3 atom stereocenters. The van der Waals surface area contributed by atoms with Gasteiger partial charge in [-0.25, -0.2) is 0 Å². The molecule has 5 rings (SSSR count). The molecule has 164 valence electrons.